The van der Waals surface area contributed by atoms with Crippen LogP contribution in [0.15, 0.2) is 48.6 Å². The minimum absolute atomic E-state index is 0.0927. The first-order valence-corrected chi connectivity index (χ1v) is 10.1. The summed E-state index contributed by atoms with van der Waals surface area (Å²) >= 11 is 0. The molecule has 32 heavy (non-hydrogen) atoms. The van der Waals surface area contributed by atoms with Crippen LogP contribution >= 0.6 is 0 Å². The van der Waals surface area contributed by atoms with E-state index in [0.29, 0.717) is 0 Å². The average Bonchev–Trinajstić information content (AvgIpc) is 3.48. The summed E-state index contributed by atoms with van der Waals surface area (Å²) < 4.78 is 33.5. The molecule has 6 atom stereocenters. The maximum atomic E-state index is 12.3. The van der Waals surface area contributed by atoms with Gasteiger partial charge in [-0.15, -0.1) is 0 Å². The van der Waals surface area contributed by atoms with Gasteiger partial charge in [-0.05, 0) is 33.3 Å². The van der Waals surface area contributed by atoms with Crippen molar-refractivity contribution in [1.82, 2.24) is 0 Å². The largest absolute Gasteiger partial charge is 0.459 e. The third kappa shape index (κ3) is 6.62. The van der Waals surface area contributed by atoms with Crippen LogP contribution in [0.25, 0.3) is 0 Å². The number of carbonyl (C=O) groups is 3. The van der Waals surface area contributed by atoms with Gasteiger partial charge in [-0.25, -0.2) is 14.4 Å². The standard InChI is InChI=1S/C23H30O9/c1-11(2)17-23(31-17)32-19-16(29-21(25)13(5)6)10-27-15(9-28-20(24)12(3)4)18(19)30-22(26)14(7)8/h15-19,23H,1,3,5,7,9-10H2,2,4,6,8H3/t15?,16-,17?,18-,19-,23?/m1/s1. The summed E-state index contributed by atoms with van der Waals surface area (Å²) in [4.78, 5) is 36.4. The van der Waals surface area contributed by atoms with Gasteiger partial charge in [0.1, 0.15) is 24.9 Å². The maximum Gasteiger partial charge on any atom is 0.333 e. The summed E-state index contributed by atoms with van der Waals surface area (Å²) in [5.74, 6) is -1.99. The van der Waals surface area contributed by atoms with Crippen LogP contribution in [0.2, 0.25) is 0 Å². The first kappa shape index (κ1) is 25.5. The first-order valence-electron chi connectivity index (χ1n) is 10.1. The van der Waals surface area contributed by atoms with E-state index in [9.17, 15) is 14.4 Å². The molecule has 2 saturated heterocycles. The lowest BCUT2D eigenvalue weighted by Gasteiger charge is -2.40. The Morgan fingerprint density at radius 2 is 1.41 bits per heavy atom. The van der Waals surface area contributed by atoms with Crippen molar-refractivity contribution >= 4 is 17.9 Å². The molecule has 0 aromatic heterocycles. The van der Waals surface area contributed by atoms with Crippen molar-refractivity contribution in [3.05, 3.63) is 48.6 Å². The second kappa shape index (κ2) is 10.7. The van der Waals surface area contributed by atoms with Crippen LogP contribution < -0.4 is 0 Å². The third-order valence-electron chi connectivity index (χ3n) is 4.69. The quantitative estimate of drug-likeness (QED) is 0.163. The molecule has 9 nitrogen and oxygen atoms in total. The molecule has 0 spiro atoms. The second-order valence-electron chi connectivity index (χ2n) is 8.00. The molecule has 3 unspecified atom stereocenters. The SMILES string of the molecule is C=C(C)C(=O)OCC1OC[C@@H](OC(=O)C(=C)C)[C@@H](OC2OC2C(=C)C)[C@@H]1OC(=O)C(=C)C. The minimum atomic E-state index is -1.09. The van der Waals surface area contributed by atoms with Crippen LogP contribution in [0.1, 0.15) is 27.7 Å². The van der Waals surface area contributed by atoms with E-state index < -0.39 is 48.6 Å². The highest BCUT2D eigenvalue weighted by Gasteiger charge is 2.52. The fraction of sp³-hybridized carbons (Fsp3) is 0.522. The lowest BCUT2D eigenvalue weighted by atomic mass is 9.99. The summed E-state index contributed by atoms with van der Waals surface area (Å²) in [7, 11) is 0. The molecule has 2 heterocycles. The zero-order chi connectivity index (χ0) is 24.2. The molecule has 0 aliphatic carbocycles. The number of ether oxygens (including phenoxy) is 6. The van der Waals surface area contributed by atoms with E-state index in [4.69, 9.17) is 28.4 Å². The molecule has 2 rings (SSSR count). The monoisotopic (exact) mass is 450 g/mol. The molecular formula is C23H30O9. The Morgan fingerprint density at radius 3 is 1.91 bits per heavy atom. The summed E-state index contributed by atoms with van der Waals surface area (Å²) in [6.07, 6.45) is -4.90. The van der Waals surface area contributed by atoms with Crippen LogP contribution in [0.3, 0.4) is 0 Å². The molecule has 2 fully saturated rings. The van der Waals surface area contributed by atoms with Crippen LogP contribution in [0.4, 0.5) is 0 Å². The van der Waals surface area contributed by atoms with E-state index in [1.807, 2.05) is 0 Å². The Labute approximate surface area is 187 Å². The Balaban J connectivity index is 2.29. The van der Waals surface area contributed by atoms with Crippen molar-refractivity contribution in [3.63, 3.8) is 0 Å². The van der Waals surface area contributed by atoms with Gasteiger partial charge in [-0.1, -0.05) is 26.3 Å². The molecule has 0 bridgehead atoms. The van der Waals surface area contributed by atoms with Gasteiger partial charge in [-0.3, -0.25) is 0 Å². The van der Waals surface area contributed by atoms with Gasteiger partial charge >= 0.3 is 17.9 Å². The Kier molecular flexibility index (Phi) is 8.54. The molecular weight excluding hydrogens is 420 g/mol. The van der Waals surface area contributed by atoms with Gasteiger partial charge in [0.15, 0.2) is 18.5 Å². The van der Waals surface area contributed by atoms with Crippen molar-refractivity contribution in [2.45, 2.75) is 64.5 Å². The molecule has 0 aromatic rings. The summed E-state index contributed by atoms with van der Waals surface area (Å²) in [5.41, 5.74) is 1.28. The zero-order valence-corrected chi connectivity index (χ0v) is 18.9. The topological polar surface area (TPSA) is 110 Å². The Morgan fingerprint density at radius 1 is 0.844 bits per heavy atom. The average molecular weight is 450 g/mol. The Hall–Kier alpha value is -2.75. The fourth-order valence-corrected chi connectivity index (χ4v) is 2.83. The normalized spacial score (nSPS) is 28.8. The molecule has 0 N–H and O–H groups in total. The number of rotatable bonds is 10. The number of epoxide rings is 1. The highest BCUT2D eigenvalue weighted by molar-refractivity contribution is 5.88. The smallest absolute Gasteiger partial charge is 0.333 e. The zero-order valence-electron chi connectivity index (χ0n) is 18.9. The molecule has 9 heteroatoms. The van der Waals surface area contributed by atoms with Crippen LogP contribution in [0, 0.1) is 0 Å². The van der Waals surface area contributed by atoms with Crippen molar-refractivity contribution in [2.24, 2.45) is 0 Å². The lowest BCUT2D eigenvalue weighted by molar-refractivity contribution is -0.238. The second-order valence-corrected chi connectivity index (χ2v) is 8.00. The molecule has 0 aromatic carbocycles. The number of esters is 3. The summed E-state index contributed by atoms with van der Waals surface area (Å²) in [6.45, 7) is 20.5. The van der Waals surface area contributed by atoms with Crippen molar-refractivity contribution < 1.29 is 42.8 Å². The van der Waals surface area contributed by atoms with E-state index in [0.717, 1.165) is 5.57 Å². The fourth-order valence-electron chi connectivity index (χ4n) is 2.83. The predicted molar refractivity (Wildman–Crippen MR) is 113 cm³/mol. The van der Waals surface area contributed by atoms with Gasteiger partial charge in [0.05, 0.1) is 6.61 Å². The summed E-state index contributed by atoms with van der Waals surface area (Å²) in [6, 6.07) is 0. The highest BCUT2D eigenvalue weighted by Crippen LogP contribution is 2.34. The highest BCUT2D eigenvalue weighted by atomic mass is 16.8. The molecule has 2 aliphatic rings. The Bertz CT molecular complexity index is 827. The van der Waals surface area contributed by atoms with Gasteiger partial charge in [0.2, 0.25) is 0 Å². The number of carbonyl (C=O) groups excluding carboxylic acids is 3. The number of hydrogen-bond acceptors (Lipinski definition) is 9. The van der Waals surface area contributed by atoms with E-state index in [-0.39, 0.29) is 36.0 Å². The van der Waals surface area contributed by atoms with Crippen molar-refractivity contribution in [3.8, 4) is 0 Å². The van der Waals surface area contributed by atoms with Gasteiger partial charge in [0, 0.05) is 16.7 Å². The molecule has 176 valence electrons. The molecule has 2 aliphatic heterocycles. The van der Waals surface area contributed by atoms with E-state index in [1.165, 1.54) is 20.8 Å². The number of hydrogen-bond donors (Lipinski definition) is 0. The van der Waals surface area contributed by atoms with Gasteiger partial charge < -0.3 is 28.4 Å². The van der Waals surface area contributed by atoms with E-state index in [1.54, 1.807) is 6.92 Å². The third-order valence-corrected chi connectivity index (χ3v) is 4.69. The van der Waals surface area contributed by atoms with Crippen molar-refractivity contribution in [2.75, 3.05) is 13.2 Å². The molecule has 0 amide bonds. The first-order chi connectivity index (χ1) is 14.9. The van der Waals surface area contributed by atoms with E-state index in [2.05, 4.69) is 26.3 Å². The van der Waals surface area contributed by atoms with E-state index >= 15 is 0 Å². The molecule has 0 saturated carbocycles. The summed E-state index contributed by atoms with van der Waals surface area (Å²) in [5, 5.41) is 0. The van der Waals surface area contributed by atoms with Crippen LogP contribution in [-0.4, -0.2) is 67.9 Å². The minimum Gasteiger partial charge on any atom is -0.459 e. The predicted octanol–water partition coefficient (Wildman–Crippen LogP) is 2.17. The van der Waals surface area contributed by atoms with Crippen LogP contribution in [0.5, 0.6) is 0 Å². The molecule has 0 radical (unpaired) electrons. The van der Waals surface area contributed by atoms with Gasteiger partial charge in [0.25, 0.3) is 0 Å². The van der Waals surface area contributed by atoms with Gasteiger partial charge in [-0.2, -0.15) is 0 Å². The maximum absolute atomic E-state index is 12.3. The van der Waals surface area contributed by atoms with Crippen molar-refractivity contribution in [1.29, 1.82) is 0 Å². The van der Waals surface area contributed by atoms with Crippen LogP contribution in [-0.2, 0) is 42.8 Å². The lowest BCUT2D eigenvalue weighted by Crippen LogP contribution is -2.58.